The molecular formula is C18H27N3S. The second kappa shape index (κ2) is 5.65. The van der Waals surface area contributed by atoms with Gasteiger partial charge in [-0.05, 0) is 65.6 Å². The van der Waals surface area contributed by atoms with Crippen LogP contribution in [-0.2, 0) is 17.3 Å². The zero-order valence-electron chi connectivity index (χ0n) is 14.5. The van der Waals surface area contributed by atoms with Crippen LogP contribution in [0.4, 0.5) is 0 Å². The Kier molecular flexibility index (Phi) is 4.35. The molecule has 0 saturated carbocycles. The van der Waals surface area contributed by atoms with Crippen molar-refractivity contribution in [3.63, 3.8) is 0 Å². The van der Waals surface area contributed by atoms with Crippen molar-refractivity contribution in [2.45, 2.75) is 65.2 Å². The quantitative estimate of drug-likeness (QED) is 0.496. The van der Waals surface area contributed by atoms with Crippen molar-refractivity contribution in [1.29, 1.82) is 0 Å². The van der Waals surface area contributed by atoms with Crippen molar-refractivity contribution in [2.24, 2.45) is 10.8 Å². The number of nitrogens with one attached hydrogen (secondary N) is 1. The summed E-state index contributed by atoms with van der Waals surface area (Å²) in [6.45, 7) is 13.4. The molecule has 1 aromatic rings. The third-order valence-corrected chi connectivity index (χ3v) is 4.66. The lowest BCUT2D eigenvalue weighted by atomic mass is 9.79. The number of hydrogen-bond donors (Lipinski definition) is 2. The van der Waals surface area contributed by atoms with Gasteiger partial charge in [-0.3, -0.25) is 5.43 Å². The van der Waals surface area contributed by atoms with Gasteiger partial charge < -0.3 is 5.73 Å². The van der Waals surface area contributed by atoms with Crippen molar-refractivity contribution >= 4 is 23.0 Å². The molecule has 1 aliphatic carbocycles. The lowest BCUT2D eigenvalue weighted by Gasteiger charge is -2.26. The first kappa shape index (κ1) is 16.9. The van der Waals surface area contributed by atoms with E-state index in [-0.39, 0.29) is 15.9 Å². The molecule has 0 fully saturated rings. The maximum absolute atomic E-state index is 5.49. The molecule has 2 rings (SSSR count). The molecule has 4 heteroatoms. The van der Waals surface area contributed by atoms with Crippen LogP contribution < -0.4 is 11.2 Å². The third-order valence-electron chi connectivity index (χ3n) is 4.57. The van der Waals surface area contributed by atoms with Gasteiger partial charge >= 0.3 is 0 Å². The van der Waals surface area contributed by atoms with Gasteiger partial charge in [-0.2, -0.15) is 5.10 Å². The number of rotatable bonds is 2. The van der Waals surface area contributed by atoms with Crippen LogP contribution in [-0.4, -0.2) is 10.8 Å². The van der Waals surface area contributed by atoms with Crippen LogP contribution in [0.15, 0.2) is 17.2 Å². The van der Waals surface area contributed by atoms with Gasteiger partial charge in [0.25, 0.3) is 0 Å². The highest BCUT2D eigenvalue weighted by atomic mass is 32.1. The molecule has 1 aliphatic rings. The number of thiocarbonyl (C=S) groups is 1. The largest absolute Gasteiger partial charge is 0.375 e. The van der Waals surface area contributed by atoms with Gasteiger partial charge in [-0.25, -0.2) is 0 Å². The number of nitrogens with two attached hydrogens (primary N) is 1. The average molecular weight is 318 g/mol. The van der Waals surface area contributed by atoms with Crippen LogP contribution in [0.5, 0.6) is 0 Å². The van der Waals surface area contributed by atoms with E-state index < -0.39 is 0 Å². The molecule has 1 aromatic carbocycles. The molecule has 0 heterocycles. The summed E-state index contributed by atoms with van der Waals surface area (Å²) in [5, 5.41) is 4.54. The van der Waals surface area contributed by atoms with Crippen molar-refractivity contribution < 1.29 is 0 Å². The molecule has 0 saturated heterocycles. The molecule has 0 bridgehead atoms. The lowest BCUT2D eigenvalue weighted by Crippen LogP contribution is -2.25. The van der Waals surface area contributed by atoms with Crippen molar-refractivity contribution in [1.82, 2.24) is 5.43 Å². The van der Waals surface area contributed by atoms with Crippen molar-refractivity contribution in [2.75, 3.05) is 0 Å². The average Bonchev–Trinajstić information content (AvgIpc) is 2.70. The van der Waals surface area contributed by atoms with Crippen LogP contribution in [0.25, 0.3) is 0 Å². The SMILES string of the molecule is CC(=NNC(N)=S)c1cc(C(C)(C)C)cc2c1CCC2(C)C. The van der Waals surface area contributed by atoms with Gasteiger partial charge in [0, 0.05) is 5.56 Å². The fourth-order valence-electron chi connectivity index (χ4n) is 3.07. The number of fused-ring (bicyclic) bond motifs is 1. The Balaban J connectivity index is 2.61. The van der Waals surface area contributed by atoms with Gasteiger partial charge in [-0.15, -0.1) is 0 Å². The number of hydrazone groups is 1. The predicted octanol–water partition coefficient (Wildman–Crippen LogP) is 3.77. The molecule has 0 unspecified atom stereocenters. The van der Waals surface area contributed by atoms with Gasteiger partial charge in [0.1, 0.15) is 0 Å². The van der Waals surface area contributed by atoms with E-state index in [0.29, 0.717) is 0 Å². The third kappa shape index (κ3) is 3.32. The molecule has 120 valence electrons. The van der Waals surface area contributed by atoms with Crippen LogP contribution in [0.1, 0.15) is 70.2 Å². The van der Waals surface area contributed by atoms with E-state index in [2.05, 4.69) is 57.3 Å². The topological polar surface area (TPSA) is 50.4 Å². The van der Waals surface area contributed by atoms with Gasteiger partial charge in [0.15, 0.2) is 5.11 Å². The fourth-order valence-corrected chi connectivity index (χ4v) is 3.12. The normalized spacial score (nSPS) is 17.3. The maximum Gasteiger partial charge on any atom is 0.184 e. The van der Waals surface area contributed by atoms with Crippen LogP contribution in [0.3, 0.4) is 0 Å². The molecule has 22 heavy (non-hydrogen) atoms. The summed E-state index contributed by atoms with van der Waals surface area (Å²) >= 11 is 4.84. The van der Waals surface area contributed by atoms with Crippen molar-refractivity contribution in [3.05, 3.63) is 34.4 Å². The minimum Gasteiger partial charge on any atom is -0.375 e. The van der Waals surface area contributed by atoms with Crippen LogP contribution in [0, 0.1) is 0 Å². The van der Waals surface area contributed by atoms with E-state index in [1.165, 1.54) is 28.7 Å². The smallest absolute Gasteiger partial charge is 0.184 e. The fraction of sp³-hybridized carbons (Fsp3) is 0.556. The first-order chi connectivity index (χ1) is 10.0. The Morgan fingerprint density at radius 2 is 1.95 bits per heavy atom. The highest BCUT2D eigenvalue weighted by Crippen LogP contribution is 2.42. The zero-order valence-corrected chi connectivity index (χ0v) is 15.3. The molecule has 0 aromatic heterocycles. The molecule has 0 aliphatic heterocycles. The first-order valence-corrected chi connectivity index (χ1v) is 8.21. The number of benzene rings is 1. The monoisotopic (exact) mass is 317 g/mol. The predicted molar refractivity (Wildman–Crippen MR) is 98.6 cm³/mol. The van der Waals surface area contributed by atoms with Crippen molar-refractivity contribution in [3.8, 4) is 0 Å². The Morgan fingerprint density at radius 3 is 2.50 bits per heavy atom. The second-order valence-electron chi connectivity index (χ2n) is 7.86. The molecule has 0 spiro atoms. The summed E-state index contributed by atoms with van der Waals surface area (Å²) in [6, 6.07) is 4.67. The Labute approximate surface area is 139 Å². The molecule has 0 radical (unpaired) electrons. The summed E-state index contributed by atoms with van der Waals surface area (Å²) in [5.74, 6) is 0. The minimum atomic E-state index is 0.110. The number of hydrogen-bond acceptors (Lipinski definition) is 2. The van der Waals surface area contributed by atoms with E-state index in [9.17, 15) is 0 Å². The second-order valence-corrected chi connectivity index (χ2v) is 8.30. The van der Waals surface area contributed by atoms with E-state index in [4.69, 9.17) is 18.0 Å². The lowest BCUT2D eigenvalue weighted by molar-refractivity contribution is 0.519. The van der Waals surface area contributed by atoms with E-state index in [1.807, 2.05) is 6.92 Å². The minimum absolute atomic E-state index is 0.110. The Bertz CT molecular complexity index is 636. The van der Waals surface area contributed by atoms with Gasteiger partial charge in [0.2, 0.25) is 0 Å². The first-order valence-electron chi connectivity index (χ1n) is 7.80. The van der Waals surface area contributed by atoms with Gasteiger partial charge in [0.05, 0.1) is 5.71 Å². The van der Waals surface area contributed by atoms with Crippen LogP contribution >= 0.6 is 12.2 Å². The molecule has 3 N–H and O–H groups in total. The zero-order chi connectivity index (χ0) is 16.7. The summed E-state index contributed by atoms with van der Waals surface area (Å²) in [4.78, 5) is 0. The van der Waals surface area contributed by atoms with E-state index in [1.54, 1.807) is 0 Å². The van der Waals surface area contributed by atoms with Gasteiger partial charge in [-0.1, -0.05) is 40.7 Å². The van der Waals surface area contributed by atoms with E-state index >= 15 is 0 Å². The summed E-state index contributed by atoms with van der Waals surface area (Å²) in [7, 11) is 0. The Hall–Kier alpha value is -1.42. The molecule has 0 atom stereocenters. The highest BCUT2D eigenvalue weighted by molar-refractivity contribution is 7.80. The molecule has 3 nitrogen and oxygen atoms in total. The maximum atomic E-state index is 5.49. The molecular weight excluding hydrogens is 290 g/mol. The summed E-state index contributed by atoms with van der Waals surface area (Å²) < 4.78 is 0. The highest BCUT2D eigenvalue weighted by Gasteiger charge is 2.33. The summed E-state index contributed by atoms with van der Waals surface area (Å²) in [5.41, 5.74) is 14.9. The Morgan fingerprint density at radius 1 is 1.32 bits per heavy atom. The van der Waals surface area contributed by atoms with Crippen LogP contribution in [0.2, 0.25) is 0 Å². The summed E-state index contributed by atoms with van der Waals surface area (Å²) in [6.07, 6.45) is 2.28. The molecule has 0 amide bonds. The standard InChI is InChI=1S/C18H27N3S/c1-11(20-21-16(19)22)14-9-12(17(2,3)4)10-15-13(14)7-8-18(15,5)6/h9-10H,7-8H2,1-6H3,(H3,19,21,22). The number of nitrogens with zero attached hydrogens (tertiary/aromatic N) is 1. The van der Waals surface area contributed by atoms with E-state index in [0.717, 1.165) is 12.1 Å².